The Labute approximate surface area is 173 Å². The van der Waals surface area contributed by atoms with Crippen LogP contribution in [0.5, 0.6) is 0 Å². The van der Waals surface area contributed by atoms with Gasteiger partial charge in [0.25, 0.3) is 0 Å². The number of rotatable bonds is 7. The van der Waals surface area contributed by atoms with Crippen LogP contribution >= 0.6 is 11.3 Å². The second-order valence-corrected chi connectivity index (χ2v) is 8.87. The van der Waals surface area contributed by atoms with Crippen molar-refractivity contribution >= 4 is 17.3 Å². The maximum atomic E-state index is 4.42. The first-order valence-corrected chi connectivity index (χ1v) is 11.1. The van der Waals surface area contributed by atoms with Crippen LogP contribution in [0.25, 0.3) is 0 Å². The lowest BCUT2D eigenvalue weighted by molar-refractivity contribution is 0.152. The molecule has 2 aromatic rings. The average Bonchev–Trinajstić information content (AvgIpc) is 3.12. The van der Waals surface area contributed by atoms with E-state index in [1.54, 1.807) is 11.3 Å². The van der Waals surface area contributed by atoms with Crippen molar-refractivity contribution in [2.45, 2.75) is 58.7 Å². The number of aromatic nitrogens is 1. The molecule has 1 aromatic heterocycles. The molecule has 1 atom stereocenters. The molecule has 0 bridgehead atoms. The van der Waals surface area contributed by atoms with E-state index in [0.717, 1.165) is 32.0 Å². The molecule has 0 spiro atoms. The second kappa shape index (κ2) is 10.6. The Kier molecular flexibility index (Phi) is 7.86. The van der Waals surface area contributed by atoms with Gasteiger partial charge in [0.1, 0.15) is 0 Å². The molecule has 0 amide bonds. The first-order chi connectivity index (χ1) is 13.7. The van der Waals surface area contributed by atoms with E-state index in [2.05, 4.69) is 63.6 Å². The molecule has 1 fully saturated rings. The molecule has 0 saturated carbocycles. The molecule has 5 nitrogen and oxygen atoms in total. The van der Waals surface area contributed by atoms with Gasteiger partial charge in [0.15, 0.2) is 5.96 Å². The molecule has 2 heterocycles. The highest BCUT2D eigenvalue weighted by Crippen LogP contribution is 2.20. The predicted molar refractivity (Wildman–Crippen MR) is 119 cm³/mol. The van der Waals surface area contributed by atoms with Crippen molar-refractivity contribution in [2.75, 3.05) is 20.1 Å². The molecule has 2 N–H and O–H groups in total. The molecule has 3 rings (SSSR count). The van der Waals surface area contributed by atoms with Crippen LogP contribution in [-0.4, -0.2) is 42.0 Å². The summed E-state index contributed by atoms with van der Waals surface area (Å²) < 4.78 is 0. The zero-order valence-corrected chi connectivity index (χ0v) is 18.2. The average molecular weight is 400 g/mol. The van der Waals surface area contributed by atoms with Gasteiger partial charge >= 0.3 is 0 Å². The largest absolute Gasteiger partial charge is 0.356 e. The van der Waals surface area contributed by atoms with E-state index in [1.807, 2.05) is 13.2 Å². The van der Waals surface area contributed by atoms with Crippen LogP contribution in [0, 0.1) is 6.92 Å². The number of hydrogen-bond donors (Lipinski definition) is 2. The topological polar surface area (TPSA) is 52.6 Å². The molecular weight excluding hydrogens is 366 g/mol. The first-order valence-electron chi connectivity index (χ1n) is 10.3. The van der Waals surface area contributed by atoms with Gasteiger partial charge < -0.3 is 10.6 Å². The standard InChI is InChI=1S/C22H33N5S/c1-17-8-6-7-13-27(17)16-20-10-5-4-9-19(20)15-26-22(23-3)24-12-11-21-25-14-18(2)28-21/h4-5,9-10,14,17H,6-8,11-13,15-16H2,1-3H3,(H2,23,24,26). The summed E-state index contributed by atoms with van der Waals surface area (Å²) in [6, 6.07) is 9.44. The number of aliphatic imine (C=N–C) groups is 1. The summed E-state index contributed by atoms with van der Waals surface area (Å²) in [5, 5.41) is 8.04. The number of piperidine rings is 1. The van der Waals surface area contributed by atoms with Gasteiger partial charge in [0, 0.05) is 50.2 Å². The third-order valence-corrected chi connectivity index (χ3v) is 6.38. The van der Waals surface area contributed by atoms with Gasteiger partial charge in [0.05, 0.1) is 5.01 Å². The Morgan fingerprint density at radius 1 is 1.25 bits per heavy atom. The number of nitrogens with zero attached hydrogens (tertiary/aromatic N) is 3. The van der Waals surface area contributed by atoms with Crippen LogP contribution in [-0.2, 0) is 19.5 Å². The normalized spacial score (nSPS) is 18.2. The molecule has 1 aromatic carbocycles. The van der Waals surface area contributed by atoms with Gasteiger partial charge in [-0.15, -0.1) is 11.3 Å². The lowest BCUT2D eigenvalue weighted by Gasteiger charge is -2.33. The SMILES string of the molecule is CN=C(NCCc1ncc(C)s1)NCc1ccccc1CN1CCCCC1C. The van der Waals surface area contributed by atoms with Crippen LogP contribution in [0.4, 0.5) is 0 Å². The van der Waals surface area contributed by atoms with Crippen molar-refractivity contribution < 1.29 is 0 Å². The molecule has 28 heavy (non-hydrogen) atoms. The highest BCUT2D eigenvalue weighted by atomic mass is 32.1. The predicted octanol–water partition coefficient (Wildman–Crippen LogP) is 3.73. The number of guanidine groups is 1. The van der Waals surface area contributed by atoms with Crippen molar-refractivity contribution in [2.24, 2.45) is 4.99 Å². The fourth-order valence-corrected chi connectivity index (χ4v) is 4.49. The van der Waals surface area contributed by atoms with E-state index in [1.165, 1.54) is 46.8 Å². The smallest absolute Gasteiger partial charge is 0.191 e. The molecule has 0 aliphatic carbocycles. The quantitative estimate of drug-likeness (QED) is 0.550. The second-order valence-electron chi connectivity index (χ2n) is 7.55. The third kappa shape index (κ3) is 6.04. The fraction of sp³-hybridized carbons (Fsp3) is 0.545. The number of hydrogen-bond acceptors (Lipinski definition) is 4. The summed E-state index contributed by atoms with van der Waals surface area (Å²) in [7, 11) is 1.82. The van der Waals surface area contributed by atoms with Crippen molar-refractivity contribution in [1.29, 1.82) is 0 Å². The summed E-state index contributed by atoms with van der Waals surface area (Å²) in [6.45, 7) is 8.32. The van der Waals surface area contributed by atoms with Gasteiger partial charge in [-0.05, 0) is 44.4 Å². The summed E-state index contributed by atoms with van der Waals surface area (Å²) in [4.78, 5) is 12.7. The minimum atomic E-state index is 0.679. The summed E-state index contributed by atoms with van der Waals surface area (Å²) in [5.41, 5.74) is 2.76. The van der Waals surface area contributed by atoms with Crippen LogP contribution in [0.3, 0.4) is 0 Å². The molecule has 0 radical (unpaired) electrons. The molecular formula is C22H33N5S. The Morgan fingerprint density at radius 2 is 2.07 bits per heavy atom. The van der Waals surface area contributed by atoms with Crippen LogP contribution in [0.15, 0.2) is 35.5 Å². The number of likely N-dealkylation sites (tertiary alicyclic amines) is 1. The van der Waals surface area contributed by atoms with E-state index in [0.29, 0.717) is 6.04 Å². The minimum absolute atomic E-state index is 0.679. The zero-order valence-electron chi connectivity index (χ0n) is 17.4. The molecule has 6 heteroatoms. The van der Waals surface area contributed by atoms with Crippen LogP contribution < -0.4 is 10.6 Å². The molecule has 1 saturated heterocycles. The lowest BCUT2D eigenvalue weighted by atomic mass is 10.0. The lowest BCUT2D eigenvalue weighted by Crippen LogP contribution is -2.39. The van der Waals surface area contributed by atoms with Gasteiger partial charge in [0.2, 0.25) is 0 Å². The number of aryl methyl sites for hydroxylation is 1. The third-order valence-electron chi connectivity index (χ3n) is 5.40. The molecule has 1 aliphatic rings. The van der Waals surface area contributed by atoms with Crippen LogP contribution in [0.2, 0.25) is 0 Å². The van der Waals surface area contributed by atoms with E-state index in [4.69, 9.17) is 0 Å². The maximum absolute atomic E-state index is 4.42. The van der Waals surface area contributed by atoms with E-state index >= 15 is 0 Å². The fourth-order valence-electron chi connectivity index (χ4n) is 3.70. The zero-order chi connectivity index (χ0) is 19.8. The van der Waals surface area contributed by atoms with Gasteiger partial charge in [-0.2, -0.15) is 0 Å². The van der Waals surface area contributed by atoms with Crippen molar-refractivity contribution in [3.8, 4) is 0 Å². The van der Waals surface area contributed by atoms with E-state index in [-0.39, 0.29) is 0 Å². The maximum Gasteiger partial charge on any atom is 0.191 e. The minimum Gasteiger partial charge on any atom is -0.356 e. The number of thiazole rings is 1. The monoisotopic (exact) mass is 399 g/mol. The van der Waals surface area contributed by atoms with Crippen molar-refractivity contribution in [3.05, 3.63) is 51.5 Å². The molecule has 1 unspecified atom stereocenters. The molecule has 152 valence electrons. The van der Waals surface area contributed by atoms with Gasteiger partial charge in [-0.1, -0.05) is 30.7 Å². The van der Waals surface area contributed by atoms with E-state index < -0.39 is 0 Å². The Balaban J connectivity index is 1.51. The van der Waals surface area contributed by atoms with E-state index in [9.17, 15) is 0 Å². The summed E-state index contributed by atoms with van der Waals surface area (Å²) >= 11 is 1.76. The van der Waals surface area contributed by atoms with Gasteiger partial charge in [-0.25, -0.2) is 4.98 Å². The Bertz CT molecular complexity index is 770. The summed E-state index contributed by atoms with van der Waals surface area (Å²) in [5.74, 6) is 0.842. The highest BCUT2D eigenvalue weighted by Gasteiger charge is 2.19. The number of nitrogens with one attached hydrogen (secondary N) is 2. The Hall–Kier alpha value is -1.92. The van der Waals surface area contributed by atoms with Crippen LogP contribution in [0.1, 0.15) is 47.2 Å². The first kappa shape index (κ1) is 20.8. The van der Waals surface area contributed by atoms with Crippen molar-refractivity contribution in [1.82, 2.24) is 20.5 Å². The molecule has 1 aliphatic heterocycles. The highest BCUT2D eigenvalue weighted by molar-refractivity contribution is 7.11. The summed E-state index contributed by atoms with van der Waals surface area (Å²) in [6.07, 6.45) is 6.86. The number of benzene rings is 1. The van der Waals surface area contributed by atoms with Gasteiger partial charge in [-0.3, -0.25) is 9.89 Å². The van der Waals surface area contributed by atoms with Crippen molar-refractivity contribution in [3.63, 3.8) is 0 Å². The Morgan fingerprint density at radius 3 is 2.79 bits per heavy atom.